The predicted molar refractivity (Wildman–Crippen MR) is 131 cm³/mol. The Bertz CT molecular complexity index is 1720. The summed E-state index contributed by atoms with van der Waals surface area (Å²) in [5.74, 6) is -22.5. The number of halogens is 8. The van der Waals surface area contributed by atoms with Crippen molar-refractivity contribution < 1.29 is 54.3 Å². The van der Waals surface area contributed by atoms with Crippen LogP contribution in [-0.4, -0.2) is 23.6 Å². The summed E-state index contributed by atoms with van der Waals surface area (Å²) in [5, 5.41) is 0. The highest BCUT2D eigenvalue weighted by molar-refractivity contribution is 6.35. The first-order valence-corrected chi connectivity index (χ1v) is 12.0. The third-order valence-electron chi connectivity index (χ3n) is 7.00. The monoisotopic (exact) mass is 602 g/mol. The van der Waals surface area contributed by atoms with E-state index in [1.165, 1.54) is 48.5 Å². The van der Waals surface area contributed by atoms with E-state index in [4.69, 9.17) is 0 Å². The van der Waals surface area contributed by atoms with E-state index >= 15 is 0 Å². The van der Waals surface area contributed by atoms with Crippen molar-refractivity contribution in [1.29, 1.82) is 0 Å². The minimum Gasteiger partial charge on any atom is -0.268 e. The summed E-state index contributed by atoms with van der Waals surface area (Å²) in [6.45, 7) is 0. The minimum atomic E-state index is -2.23. The van der Waals surface area contributed by atoms with Crippen molar-refractivity contribution in [2.75, 3.05) is 9.80 Å². The number of carbonyl (C=O) groups is 4. The molecule has 216 valence electrons. The summed E-state index contributed by atoms with van der Waals surface area (Å²) in [6.07, 6.45) is 0.171. The molecule has 43 heavy (non-hydrogen) atoms. The molecule has 0 aromatic heterocycles. The van der Waals surface area contributed by atoms with Gasteiger partial charge in [0, 0.05) is 0 Å². The first-order chi connectivity index (χ1) is 20.3. The van der Waals surface area contributed by atoms with Gasteiger partial charge in [0.25, 0.3) is 23.6 Å². The molecule has 2 aliphatic rings. The molecule has 4 amide bonds. The molecule has 0 N–H and O–H groups in total. The molecule has 0 saturated heterocycles. The molecule has 0 fully saturated rings. The number of carbonyl (C=O) groups excluding carboxylic acids is 4. The Hall–Kier alpha value is -5.40. The van der Waals surface area contributed by atoms with Crippen LogP contribution in [0, 0.1) is 46.5 Å². The number of fused-ring (bicyclic) bond motifs is 2. The summed E-state index contributed by atoms with van der Waals surface area (Å²) >= 11 is 0. The average molecular weight is 602 g/mol. The van der Waals surface area contributed by atoms with Crippen LogP contribution in [0.4, 0.5) is 46.5 Å². The van der Waals surface area contributed by atoms with Crippen LogP contribution < -0.4 is 9.80 Å². The molecule has 0 atom stereocenters. The lowest BCUT2D eigenvalue weighted by Gasteiger charge is -2.15. The maximum Gasteiger partial charge on any atom is 0.269 e. The number of amides is 4. The van der Waals surface area contributed by atoms with Crippen molar-refractivity contribution in [3.63, 3.8) is 0 Å². The van der Waals surface area contributed by atoms with Gasteiger partial charge < -0.3 is 0 Å². The van der Waals surface area contributed by atoms with Crippen LogP contribution in [0.2, 0.25) is 0 Å². The molecular weight excluding hydrogens is 592 g/mol. The van der Waals surface area contributed by atoms with Crippen LogP contribution in [0.25, 0.3) is 0 Å². The van der Waals surface area contributed by atoms with Gasteiger partial charge in [0.15, 0.2) is 46.5 Å². The van der Waals surface area contributed by atoms with Gasteiger partial charge in [0.1, 0.15) is 0 Å². The fourth-order valence-corrected chi connectivity index (χ4v) is 4.93. The topological polar surface area (TPSA) is 74.8 Å². The van der Waals surface area contributed by atoms with E-state index in [1.807, 2.05) is 0 Å². The van der Waals surface area contributed by atoms with E-state index in [1.54, 1.807) is 0 Å². The van der Waals surface area contributed by atoms with E-state index in [2.05, 4.69) is 0 Å². The Morgan fingerprint density at radius 3 is 0.837 bits per heavy atom. The molecule has 0 bridgehead atoms. The number of anilines is 2. The number of rotatable bonds is 4. The van der Waals surface area contributed by atoms with Crippen LogP contribution in [-0.2, 0) is 6.42 Å². The summed E-state index contributed by atoms with van der Waals surface area (Å²) in [5.41, 5.74) is -4.12. The second kappa shape index (κ2) is 9.58. The lowest BCUT2D eigenvalue weighted by Crippen LogP contribution is -2.29. The molecule has 0 radical (unpaired) electrons. The number of benzene rings is 4. The van der Waals surface area contributed by atoms with Gasteiger partial charge in [-0.3, -0.25) is 19.2 Å². The van der Waals surface area contributed by atoms with Crippen molar-refractivity contribution in [2.24, 2.45) is 0 Å². The number of nitrogens with zero attached hydrogens (tertiary/aromatic N) is 2. The van der Waals surface area contributed by atoms with Gasteiger partial charge in [-0.2, -0.15) is 0 Å². The largest absolute Gasteiger partial charge is 0.269 e. The van der Waals surface area contributed by atoms with Crippen molar-refractivity contribution in [2.45, 2.75) is 6.42 Å². The van der Waals surface area contributed by atoms with Gasteiger partial charge in [-0.25, -0.2) is 44.9 Å². The quantitative estimate of drug-likeness (QED) is 0.125. The predicted octanol–water partition coefficient (Wildman–Crippen LogP) is 5.99. The Balaban J connectivity index is 1.22. The molecule has 0 saturated carbocycles. The molecule has 6 nitrogen and oxygen atoms in total. The van der Waals surface area contributed by atoms with E-state index in [-0.39, 0.29) is 17.8 Å². The Morgan fingerprint density at radius 1 is 0.372 bits per heavy atom. The lowest BCUT2D eigenvalue weighted by atomic mass is 10.0. The number of imide groups is 2. The SMILES string of the molecule is O=C1c2c(F)c(F)c(F)c(F)c2C(=O)N1c1ccc(Cc2ccc(N3C(=O)c4c(F)c(F)c(F)c(F)c4C3=O)cc2)cc1. The van der Waals surface area contributed by atoms with Gasteiger partial charge in [-0.05, 0) is 41.8 Å². The number of hydrogen-bond acceptors (Lipinski definition) is 4. The van der Waals surface area contributed by atoms with Crippen LogP contribution >= 0.6 is 0 Å². The average Bonchev–Trinajstić information content (AvgIpc) is 3.41. The van der Waals surface area contributed by atoms with Crippen molar-refractivity contribution in [3.8, 4) is 0 Å². The standard InChI is InChI=1S/C29H10F8N2O4/c30-18-14-15(19(31)23(35)22(18)34)27(41)38(26(14)40)12-5-1-10(2-6-12)9-11-3-7-13(8-4-11)39-28(42)16-17(29(39)43)21(33)25(37)24(36)20(16)32/h1-8H,9H2. The smallest absolute Gasteiger partial charge is 0.268 e. The third kappa shape index (κ3) is 3.86. The fraction of sp³-hybridized carbons (Fsp3) is 0.0345. The molecule has 2 aliphatic heterocycles. The summed E-state index contributed by atoms with van der Waals surface area (Å²) < 4.78 is 111. The highest BCUT2D eigenvalue weighted by Gasteiger charge is 2.46. The lowest BCUT2D eigenvalue weighted by molar-refractivity contribution is 0.0907. The molecule has 0 unspecified atom stereocenters. The normalized spacial score (nSPS) is 14.2. The van der Waals surface area contributed by atoms with Gasteiger partial charge in [0.05, 0.1) is 33.6 Å². The second-order valence-corrected chi connectivity index (χ2v) is 9.41. The van der Waals surface area contributed by atoms with Gasteiger partial charge in [0.2, 0.25) is 0 Å². The van der Waals surface area contributed by atoms with Gasteiger partial charge in [-0.1, -0.05) is 24.3 Å². The molecule has 0 aliphatic carbocycles. The zero-order valence-corrected chi connectivity index (χ0v) is 20.9. The fourth-order valence-electron chi connectivity index (χ4n) is 4.93. The zero-order chi connectivity index (χ0) is 31.1. The Kier molecular flexibility index (Phi) is 6.18. The summed E-state index contributed by atoms with van der Waals surface area (Å²) in [6, 6.07) is 10.7. The molecular formula is C29H10F8N2O4. The Labute approximate surface area is 234 Å². The van der Waals surface area contributed by atoms with Crippen LogP contribution in [0.15, 0.2) is 48.5 Å². The first kappa shape index (κ1) is 27.8. The molecule has 6 rings (SSSR count). The van der Waals surface area contributed by atoms with E-state index in [0.29, 0.717) is 20.9 Å². The van der Waals surface area contributed by atoms with Crippen molar-refractivity contribution in [3.05, 3.63) is 128 Å². The van der Waals surface area contributed by atoms with E-state index < -0.39 is 92.4 Å². The second-order valence-electron chi connectivity index (χ2n) is 9.41. The molecule has 14 heteroatoms. The van der Waals surface area contributed by atoms with Crippen LogP contribution in [0.5, 0.6) is 0 Å². The maximum absolute atomic E-state index is 14.2. The van der Waals surface area contributed by atoms with E-state index in [9.17, 15) is 54.3 Å². The highest BCUT2D eigenvalue weighted by atomic mass is 19.2. The van der Waals surface area contributed by atoms with Gasteiger partial charge >= 0.3 is 0 Å². The highest BCUT2D eigenvalue weighted by Crippen LogP contribution is 2.36. The third-order valence-corrected chi connectivity index (χ3v) is 7.00. The van der Waals surface area contributed by atoms with Crippen LogP contribution in [0.3, 0.4) is 0 Å². The molecule has 4 aromatic rings. The summed E-state index contributed by atoms with van der Waals surface area (Å²) in [7, 11) is 0. The maximum atomic E-state index is 14.2. The van der Waals surface area contributed by atoms with Crippen molar-refractivity contribution >= 4 is 35.0 Å². The molecule has 4 aromatic carbocycles. The van der Waals surface area contributed by atoms with E-state index in [0.717, 1.165) is 0 Å². The summed E-state index contributed by atoms with van der Waals surface area (Å²) in [4.78, 5) is 51.2. The number of hydrogen-bond donors (Lipinski definition) is 0. The van der Waals surface area contributed by atoms with Gasteiger partial charge in [-0.15, -0.1) is 0 Å². The minimum absolute atomic E-state index is 0.150. The molecule has 0 spiro atoms. The first-order valence-electron chi connectivity index (χ1n) is 12.0. The molecule has 2 heterocycles. The van der Waals surface area contributed by atoms with Crippen LogP contribution in [0.1, 0.15) is 52.6 Å². The zero-order valence-electron chi connectivity index (χ0n) is 20.9. The Morgan fingerprint density at radius 2 is 0.605 bits per heavy atom. The van der Waals surface area contributed by atoms with Crippen molar-refractivity contribution in [1.82, 2.24) is 0 Å².